The summed E-state index contributed by atoms with van der Waals surface area (Å²) in [6.07, 6.45) is 1.21. The van der Waals surface area contributed by atoms with Crippen LogP contribution in [0.5, 0.6) is 5.75 Å². The number of benzene rings is 2. The van der Waals surface area contributed by atoms with E-state index in [1.165, 1.54) is 17.7 Å². The summed E-state index contributed by atoms with van der Waals surface area (Å²) in [4.78, 5) is 24.2. The normalized spacial score (nSPS) is 10.7. The average Bonchev–Trinajstić information content (AvgIpc) is 2.56. The van der Waals surface area contributed by atoms with E-state index in [2.05, 4.69) is 19.2 Å². The van der Waals surface area contributed by atoms with Crippen molar-refractivity contribution in [3.63, 3.8) is 0 Å². The third kappa shape index (κ3) is 5.91. The minimum atomic E-state index is -0.272. The highest BCUT2D eigenvalue weighted by atomic mass is 35.5. The van der Waals surface area contributed by atoms with E-state index in [-0.39, 0.29) is 35.3 Å². The van der Waals surface area contributed by atoms with Crippen LogP contribution < -0.4 is 5.32 Å². The summed E-state index contributed by atoms with van der Waals surface area (Å²) in [5.74, 6) is 0.191. The predicted octanol–water partition coefficient (Wildman–Crippen LogP) is 4.85. The van der Waals surface area contributed by atoms with E-state index in [0.29, 0.717) is 17.2 Å². The minimum absolute atomic E-state index is 0.0456. The molecule has 0 radical (unpaired) electrons. The quantitative estimate of drug-likeness (QED) is 0.548. The van der Waals surface area contributed by atoms with Crippen molar-refractivity contribution in [1.29, 1.82) is 0 Å². The molecule has 5 heteroatoms. The summed E-state index contributed by atoms with van der Waals surface area (Å²) in [5, 5.41) is 12.2. The van der Waals surface area contributed by atoms with Crippen LogP contribution in [-0.2, 0) is 11.2 Å². The summed E-state index contributed by atoms with van der Waals surface area (Å²) >= 11 is 5.79. The Morgan fingerprint density at radius 3 is 2.36 bits per heavy atom. The van der Waals surface area contributed by atoms with E-state index in [1.54, 1.807) is 6.07 Å². The fourth-order valence-electron chi connectivity index (χ4n) is 2.48. The number of phenolic OH excluding ortho intramolecular Hbond substituents is 1. The molecule has 0 spiro atoms. The first kappa shape index (κ1) is 19.0. The van der Waals surface area contributed by atoms with E-state index >= 15 is 0 Å². The number of nitrogens with one attached hydrogen (secondary N) is 1. The number of Topliss-reactive ketones (excluding diaryl/α,β-unsaturated/α-hetero) is 1. The predicted molar refractivity (Wildman–Crippen MR) is 100 cm³/mol. The third-order valence-corrected chi connectivity index (χ3v) is 4.03. The van der Waals surface area contributed by atoms with Gasteiger partial charge in [0.25, 0.3) is 0 Å². The second-order valence-corrected chi connectivity index (χ2v) is 6.84. The topological polar surface area (TPSA) is 66.4 Å². The lowest BCUT2D eigenvalue weighted by atomic mass is 9.99. The first-order valence-electron chi connectivity index (χ1n) is 8.25. The first-order valence-corrected chi connectivity index (χ1v) is 8.63. The van der Waals surface area contributed by atoms with E-state index in [4.69, 9.17) is 11.6 Å². The van der Waals surface area contributed by atoms with Gasteiger partial charge in [-0.25, -0.2) is 0 Å². The van der Waals surface area contributed by atoms with Crippen molar-refractivity contribution >= 4 is 29.0 Å². The van der Waals surface area contributed by atoms with Crippen LogP contribution in [0, 0.1) is 5.92 Å². The Bertz CT molecular complexity index is 754. The van der Waals surface area contributed by atoms with Gasteiger partial charge in [-0.2, -0.15) is 0 Å². The van der Waals surface area contributed by atoms with Crippen LogP contribution in [0.3, 0.4) is 0 Å². The summed E-state index contributed by atoms with van der Waals surface area (Å²) in [7, 11) is 0. The molecule has 0 saturated carbocycles. The van der Waals surface area contributed by atoms with Crippen molar-refractivity contribution in [3.8, 4) is 5.75 Å². The molecular weight excluding hydrogens is 338 g/mol. The number of ketones is 1. The fraction of sp³-hybridized carbons (Fsp3) is 0.300. The van der Waals surface area contributed by atoms with E-state index in [0.717, 1.165) is 6.42 Å². The van der Waals surface area contributed by atoms with Gasteiger partial charge >= 0.3 is 0 Å². The molecule has 1 amide bonds. The van der Waals surface area contributed by atoms with Gasteiger partial charge in [-0.3, -0.25) is 9.59 Å². The summed E-state index contributed by atoms with van der Waals surface area (Å²) in [6, 6.07) is 12.0. The molecule has 4 nitrogen and oxygen atoms in total. The van der Waals surface area contributed by atoms with Crippen molar-refractivity contribution in [2.75, 3.05) is 5.32 Å². The van der Waals surface area contributed by atoms with Crippen molar-refractivity contribution in [2.45, 2.75) is 33.1 Å². The molecule has 0 fully saturated rings. The van der Waals surface area contributed by atoms with Gasteiger partial charge in [0.15, 0.2) is 5.78 Å². The van der Waals surface area contributed by atoms with Crippen molar-refractivity contribution in [2.24, 2.45) is 5.92 Å². The Labute approximate surface area is 152 Å². The number of rotatable bonds is 7. The molecular formula is C20H22ClNO3. The molecule has 0 aliphatic carbocycles. The Morgan fingerprint density at radius 1 is 1.08 bits per heavy atom. The lowest BCUT2D eigenvalue weighted by Crippen LogP contribution is -2.13. The highest BCUT2D eigenvalue weighted by Gasteiger charge is 2.10. The number of phenols is 1. The standard InChI is InChI=1S/C20H22ClNO3/c1-13(2)11-14-3-5-15(6-4-14)18(23)9-10-20(25)22-16-7-8-19(24)17(21)12-16/h3-8,12-13,24H,9-11H2,1-2H3,(H,22,25). The van der Waals surface area contributed by atoms with Crippen molar-refractivity contribution in [1.82, 2.24) is 0 Å². The molecule has 0 bridgehead atoms. The zero-order valence-electron chi connectivity index (χ0n) is 14.4. The monoisotopic (exact) mass is 359 g/mol. The lowest BCUT2D eigenvalue weighted by molar-refractivity contribution is -0.116. The third-order valence-electron chi connectivity index (χ3n) is 3.73. The lowest BCUT2D eigenvalue weighted by Gasteiger charge is -2.07. The number of hydrogen-bond acceptors (Lipinski definition) is 3. The van der Waals surface area contributed by atoms with Crippen LogP contribution >= 0.6 is 11.6 Å². The molecule has 0 saturated heterocycles. The van der Waals surface area contributed by atoms with Crippen LogP contribution in [-0.4, -0.2) is 16.8 Å². The highest BCUT2D eigenvalue weighted by Crippen LogP contribution is 2.26. The Kier molecular flexibility index (Phi) is 6.59. The second kappa shape index (κ2) is 8.67. The molecule has 2 aromatic rings. The number of hydrogen-bond donors (Lipinski definition) is 2. The molecule has 0 atom stereocenters. The number of carbonyl (C=O) groups is 2. The number of carbonyl (C=O) groups excluding carboxylic acids is 2. The van der Waals surface area contributed by atoms with E-state index < -0.39 is 0 Å². The van der Waals surface area contributed by atoms with Gasteiger partial charge in [0.1, 0.15) is 5.75 Å². The maximum absolute atomic E-state index is 12.2. The minimum Gasteiger partial charge on any atom is -0.506 e. The van der Waals surface area contributed by atoms with Gasteiger partial charge in [0.05, 0.1) is 5.02 Å². The van der Waals surface area contributed by atoms with Gasteiger partial charge in [-0.05, 0) is 36.1 Å². The molecule has 0 heterocycles. The van der Waals surface area contributed by atoms with E-state index in [1.807, 2.05) is 24.3 Å². The first-order chi connectivity index (χ1) is 11.8. The van der Waals surface area contributed by atoms with E-state index in [9.17, 15) is 14.7 Å². The van der Waals surface area contributed by atoms with Crippen LogP contribution in [0.15, 0.2) is 42.5 Å². The Morgan fingerprint density at radius 2 is 1.76 bits per heavy atom. The molecule has 2 N–H and O–H groups in total. The highest BCUT2D eigenvalue weighted by molar-refractivity contribution is 6.32. The van der Waals surface area contributed by atoms with Crippen molar-refractivity contribution < 1.29 is 14.7 Å². The molecule has 2 rings (SSSR count). The van der Waals surface area contributed by atoms with Gasteiger partial charge < -0.3 is 10.4 Å². The van der Waals surface area contributed by atoms with Crippen LogP contribution in [0.4, 0.5) is 5.69 Å². The Balaban J connectivity index is 1.86. The number of amides is 1. The van der Waals surface area contributed by atoms with Crippen LogP contribution in [0.2, 0.25) is 5.02 Å². The Hall–Kier alpha value is -2.33. The van der Waals surface area contributed by atoms with Gasteiger partial charge in [0, 0.05) is 24.1 Å². The molecule has 0 unspecified atom stereocenters. The maximum atomic E-state index is 12.2. The molecule has 0 aliphatic rings. The van der Waals surface area contributed by atoms with Crippen LogP contribution in [0.1, 0.15) is 42.6 Å². The van der Waals surface area contributed by atoms with Gasteiger partial charge in [-0.15, -0.1) is 0 Å². The number of aromatic hydroxyl groups is 1. The van der Waals surface area contributed by atoms with Crippen LogP contribution in [0.25, 0.3) is 0 Å². The van der Waals surface area contributed by atoms with Gasteiger partial charge in [0.2, 0.25) is 5.91 Å². The number of anilines is 1. The van der Waals surface area contributed by atoms with Crippen molar-refractivity contribution in [3.05, 3.63) is 58.6 Å². The molecule has 0 aromatic heterocycles. The summed E-state index contributed by atoms with van der Waals surface area (Å²) < 4.78 is 0. The fourth-order valence-corrected chi connectivity index (χ4v) is 2.66. The molecule has 25 heavy (non-hydrogen) atoms. The smallest absolute Gasteiger partial charge is 0.224 e. The zero-order chi connectivity index (χ0) is 18.4. The summed E-state index contributed by atoms with van der Waals surface area (Å²) in [6.45, 7) is 4.30. The largest absolute Gasteiger partial charge is 0.506 e. The average molecular weight is 360 g/mol. The molecule has 2 aromatic carbocycles. The second-order valence-electron chi connectivity index (χ2n) is 6.43. The molecule has 132 valence electrons. The maximum Gasteiger partial charge on any atom is 0.224 e. The summed E-state index contributed by atoms with van der Waals surface area (Å²) in [5.41, 5.74) is 2.31. The molecule has 0 aliphatic heterocycles. The zero-order valence-corrected chi connectivity index (χ0v) is 15.1. The SMILES string of the molecule is CC(C)Cc1ccc(C(=O)CCC(=O)Nc2ccc(O)c(Cl)c2)cc1. The number of halogens is 1. The van der Waals surface area contributed by atoms with Gasteiger partial charge in [-0.1, -0.05) is 49.7 Å².